The molecule has 0 saturated heterocycles. The number of nitrogens with zero attached hydrogens (tertiary/aromatic N) is 4. The van der Waals surface area contributed by atoms with Gasteiger partial charge in [-0.25, -0.2) is 4.98 Å². The van der Waals surface area contributed by atoms with Crippen LogP contribution in [0.2, 0.25) is 0 Å². The number of rotatable bonds is 5. The lowest BCUT2D eigenvalue weighted by molar-refractivity contribution is 1.18. The minimum absolute atomic E-state index is 0.824. The number of benzene rings is 5. The van der Waals surface area contributed by atoms with Crippen molar-refractivity contribution in [2.45, 2.75) is 0 Å². The fourth-order valence-corrected chi connectivity index (χ4v) is 8.20. The molecule has 0 amide bonds. The second-order valence-electron chi connectivity index (χ2n) is 12.5. The van der Waals surface area contributed by atoms with Crippen molar-refractivity contribution in [3.8, 4) is 50.7 Å². The molecule has 0 atom stereocenters. The summed E-state index contributed by atoms with van der Waals surface area (Å²) in [6.45, 7) is 0. The lowest BCUT2D eigenvalue weighted by Gasteiger charge is -2.10. The number of hydrogen-bond acceptors (Lipinski definition) is 4. The number of pyridine rings is 3. The van der Waals surface area contributed by atoms with Gasteiger partial charge in [0.15, 0.2) is 0 Å². The van der Waals surface area contributed by atoms with Gasteiger partial charge in [0.2, 0.25) is 0 Å². The number of hydrogen-bond donors (Lipinski definition) is 0. The molecule has 10 aromatic rings. The van der Waals surface area contributed by atoms with E-state index in [0.717, 1.165) is 33.9 Å². The smallest absolute Gasteiger partial charge is 0.0900 e. The summed E-state index contributed by atoms with van der Waals surface area (Å²) in [6.07, 6.45) is 3.62. The Labute approximate surface area is 292 Å². The Bertz CT molecular complexity index is 2800. The van der Waals surface area contributed by atoms with E-state index in [0.29, 0.717) is 0 Å². The molecule has 5 heterocycles. The first-order valence-corrected chi connectivity index (χ1v) is 17.5. The summed E-state index contributed by atoms with van der Waals surface area (Å²) in [6, 6.07) is 56.0. The SMILES string of the molecule is c1ccc(-n2c3ccccc3c3cc(-c4ccc5sc6ccc(-c7cc(-c8ccccn8)nc(-c8ccccn8)c7)cc6c5c4)ccc32)cc1. The van der Waals surface area contributed by atoms with Gasteiger partial charge in [0.25, 0.3) is 0 Å². The molecule has 0 aliphatic carbocycles. The van der Waals surface area contributed by atoms with E-state index in [-0.39, 0.29) is 0 Å². The first kappa shape index (κ1) is 28.6. The monoisotopic (exact) mass is 656 g/mol. The largest absolute Gasteiger partial charge is 0.309 e. The average Bonchev–Trinajstić information content (AvgIpc) is 3.73. The van der Waals surface area contributed by atoms with E-state index < -0.39 is 0 Å². The van der Waals surface area contributed by atoms with Crippen molar-refractivity contribution >= 4 is 53.3 Å². The van der Waals surface area contributed by atoms with Gasteiger partial charge < -0.3 is 4.57 Å². The van der Waals surface area contributed by atoms with E-state index in [1.807, 2.05) is 60.1 Å². The minimum atomic E-state index is 0.824. The van der Waals surface area contributed by atoms with E-state index in [9.17, 15) is 0 Å². The molecule has 0 unspecified atom stereocenters. The maximum atomic E-state index is 4.98. The van der Waals surface area contributed by atoms with Crippen LogP contribution < -0.4 is 0 Å². The molecule has 5 aromatic carbocycles. The molecule has 10 rings (SSSR count). The Morgan fingerprint density at radius 3 is 1.56 bits per heavy atom. The summed E-state index contributed by atoms with van der Waals surface area (Å²) < 4.78 is 4.91. The predicted molar refractivity (Wildman–Crippen MR) is 209 cm³/mol. The molecule has 50 heavy (non-hydrogen) atoms. The maximum Gasteiger partial charge on any atom is 0.0900 e. The molecule has 0 N–H and O–H groups in total. The van der Waals surface area contributed by atoms with Crippen LogP contribution in [0.5, 0.6) is 0 Å². The third kappa shape index (κ3) is 4.79. The van der Waals surface area contributed by atoms with Gasteiger partial charge in [0, 0.05) is 49.0 Å². The zero-order valence-electron chi connectivity index (χ0n) is 26.9. The van der Waals surface area contributed by atoms with E-state index in [4.69, 9.17) is 4.98 Å². The van der Waals surface area contributed by atoms with E-state index in [1.165, 1.54) is 58.8 Å². The molecule has 0 bridgehead atoms. The van der Waals surface area contributed by atoms with Gasteiger partial charge in [-0.05, 0) is 113 Å². The highest BCUT2D eigenvalue weighted by Gasteiger charge is 2.15. The zero-order valence-corrected chi connectivity index (χ0v) is 27.7. The molecular formula is C45H28N4S. The highest BCUT2D eigenvalue weighted by molar-refractivity contribution is 7.25. The summed E-state index contributed by atoms with van der Waals surface area (Å²) in [7, 11) is 0. The van der Waals surface area contributed by atoms with Gasteiger partial charge in [-0.1, -0.05) is 66.7 Å². The fourth-order valence-electron chi connectivity index (χ4n) is 7.13. The van der Waals surface area contributed by atoms with Gasteiger partial charge in [-0.2, -0.15) is 0 Å². The molecule has 4 nitrogen and oxygen atoms in total. The van der Waals surface area contributed by atoms with Crippen LogP contribution in [0.4, 0.5) is 0 Å². The Kier molecular flexibility index (Phi) is 6.64. The normalized spacial score (nSPS) is 11.6. The minimum Gasteiger partial charge on any atom is -0.309 e. The first-order valence-electron chi connectivity index (χ1n) is 16.7. The lowest BCUT2D eigenvalue weighted by Crippen LogP contribution is -1.93. The molecule has 0 radical (unpaired) electrons. The molecule has 0 aliphatic heterocycles. The molecule has 0 saturated carbocycles. The van der Waals surface area contributed by atoms with E-state index in [2.05, 4.69) is 136 Å². The van der Waals surface area contributed by atoms with Gasteiger partial charge >= 0.3 is 0 Å². The third-order valence-corrected chi connectivity index (χ3v) is 10.7. The summed E-state index contributed by atoms with van der Waals surface area (Å²) >= 11 is 1.84. The van der Waals surface area contributed by atoms with Crippen LogP contribution >= 0.6 is 11.3 Å². The van der Waals surface area contributed by atoms with Gasteiger partial charge in [-0.3, -0.25) is 9.97 Å². The molecule has 0 aliphatic rings. The van der Waals surface area contributed by atoms with Crippen molar-refractivity contribution in [1.82, 2.24) is 19.5 Å². The molecule has 234 valence electrons. The van der Waals surface area contributed by atoms with E-state index >= 15 is 0 Å². The highest BCUT2D eigenvalue weighted by atomic mass is 32.1. The number of fused-ring (bicyclic) bond motifs is 6. The first-order chi connectivity index (χ1) is 24.8. The van der Waals surface area contributed by atoms with Crippen LogP contribution in [-0.4, -0.2) is 19.5 Å². The van der Waals surface area contributed by atoms with Crippen LogP contribution in [0, 0.1) is 0 Å². The highest BCUT2D eigenvalue weighted by Crippen LogP contribution is 2.41. The third-order valence-electron chi connectivity index (χ3n) is 9.50. The van der Waals surface area contributed by atoms with Crippen molar-refractivity contribution < 1.29 is 0 Å². The Morgan fingerprint density at radius 2 is 0.920 bits per heavy atom. The van der Waals surface area contributed by atoms with Crippen LogP contribution in [-0.2, 0) is 0 Å². The van der Waals surface area contributed by atoms with Crippen molar-refractivity contribution in [3.05, 3.63) is 170 Å². The zero-order chi connectivity index (χ0) is 33.0. The Balaban J connectivity index is 1.11. The van der Waals surface area contributed by atoms with Gasteiger partial charge in [0.1, 0.15) is 0 Å². The quantitative estimate of drug-likeness (QED) is 0.185. The van der Waals surface area contributed by atoms with Crippen LogP contribution in [0.1, 0.15) is 0 Å². The molecule has 0 fully saturated rings. The molecule has 5 aromatic heterocycles. The molecular weight excluding hydrogens is 629 g/mol. The summed E-state index contributed by atoms with van der Waals surface area (Å²) in [5.41, 5.74) is 11.5. The van der Waals surface area contributed by atoms with Gasteiger partial charge in [0.05, 0.1) is 33.8 Å². The lowest BCUT2D eigenvalue weighted by atomic mass is 9.98. The van der Waals surface area contributed by atoms with Crippen LogP contribution in [0.3, 0.4) is 0 Å². The summed E-state index contributed by atoms with van der Waals surface area (Å²) in [4.78, 5) is 14.2. The fraction of sp³-hybridized carbons (Fsp3) is 0. The van der Waals surface area contributed by atoms with Crippen molar-refractivity contribution in [2.75, 3.05) is 0 Å². The van der Waals surface area contributed by atoms with Gasteiger partial charge in [-0.15, -0.1) is 11.3 Å². The summed E-state index contributed by atoms with van der Waals surface area (Å²) in [5.74, 6) is 0. The number of thiophene rings is 1. The van der Waals surface area contributed by atoms with Crippen LogP contribution in [0.15, 0.2) is 170 Å². The topological polar surface area (TPSA) is 43.6 Å². The summed E-state index contributed by atoms with van der Waals surface area (Å²) in [5, 5.41) is 5.03. The maximum absolute atomic E-state index is 4.98. The molecule has 0 spiro atoms. The predicted octanol–water partition coefficient (Wildman–Crippen LogP) is 12.0. The Hall–Kier alpha value is -6.43. The average molecular weight is 657 g/mol. The number of aromatic nitrogens is 4. The molecule has 5 heteroatoms. The van der Waals surface area contributed by atoms with Crippen molar-refractivity contribution in [3.63, 3.8) is 0 Å². The van der Waals surface area contributed by atoms with Crippen molar-refractivity contribution in [1.29, 1.82) is 0 Å². The van der Waals surface area contributed by atoms with E-state index in [1.54, 1.807) is 0 Å². The number of para-hydroxylation sites is 2. The second-order valence-corrected chi connectivity index (χ2v) is 13.6. The van der Waals surface area contributed by atoms with Crippen LogP contribution in [0.25, 0.3) is 92.7 Å². The Morgan fingerprint density at radius 1 is 0.380 bits per heavy atom. The van der Waals surface area contributed by atoms with Crippen molar-refractivity contribution in [2.24, 2.45) is 0 Å². The second kappa shape index (κ2) is 11.6. The standard InChI is InChI=1S/C45H28N4S/c1-2-10-33(11-3-1)49-42-15-5-4-12-34(42)35-24-29(16-19-43(35)49)30-17-20-44-36(25-30)37-26-31(18-21-45(37)50-44)32-27-40(38-13-6-8-22-46-38)48-41(28-32)39-14-7-9-23-47-39/h1-28H.